The zero-order valence-electron chi connectivity index (χ0n) is 17.3. The van der Waals surface area contributed by atoms with Crippen LogP contribution in [-0.2, 0) is 13.1 Å². The molecule has 1 aromatic carbocycles. The Balaban J connectivity index is 1.48. The Morgan fingerprint density at radius 2 is 1.77 bits per heavy atom. The summed E-state index contributed by atoms with van der Waals surface area (Å²) in [6.07, 6.45) is 6.81. The van der Waals surface area contributed by atoms with Gasteiger partial charge in [0.2, 0.25) is 0 Å². The number of nitrogens with zero attached hydrogens (tertiary/aromatic N) is 4. The third kappa shape index (κ3) is 4.20. The van der Waals surface area contributed by atoms with Crippen LogP contribution in [0, 0.1) is 0 Å². The van der Waals surface area contributed by atoms with Crippen LogP contribution in [0.5, 0.6) is 0 Å². The van der Waals surface area contributed by atoms with Crippen LogP contribution in [-0.4, -0.2) is 33.8 Å². The maximum atomic E-state index is 12.8. The summed E-state index contributed by atoms with van der Waals surface area (Å²) in [5.41, 5.74) is 1.01. The first-order valence-electron chi connectivity index (χ1n) is 10.7. The summed E-state index contributed by atoms with van der Waals surface area (Å²) in [7, 11) is 0. The molecule has 0 atom stereocenters. The highest BCUT2D eigenvalue weighted by molar-refractivity contribution is 6.04. The van der Waals surface area contributed by atoms with E-state index in [9.17, 15) is 9.59 Å². The molecule has 30 heavy (non-hydrogen) atoms. The maximum absolute atomic E-state index is 12.8. The molecule has 7 heteroatoms. The van der Waals surface area contributed by atoms with Crippen molar-refractivity contribution in [2.24, 2.45) is 0 Å². The fourth-order valence-corrected chi connectivity index (χ4v) is 3.89. The van der Waals surface area contributed by atoms with Crippen molar-refractivity contribution in [1.82, 2.24) is 20.1 Å². The van der Waals surface area contributed by atoms with Crippen molar-refractivity contribution in [2.75, 3.05) is 18.0 Å². The molecule has 1 fully saturated rings. The number of fused-ring (bicyclic) bond motifs is 1. The summed E-state index contributed by atoms with van der Waals surface area (Å²) in [5, 5.41) is 8.27. The van der Waals surface area contributed by atoms with Crippen LogP contribution in [0.1, 0.15) is 48.7 Å². The number of rotatable bonds is 5. The van der Waals surface area contributed by atoms with E-state index in [1.54, 1.807) is 18.2 Å². The first-order valence-corrected chi connectivity index (χ1v) is 10.7. The number of hydrogen-bond acceptors (Lipinski definition) is 5. The van der Waals surface area contributed by atoms with Gasteiger partial charge in [0.05, 0.1) is 5.39 Å². The molecular weight excluding hydrogens is 378 g/mol. The van der Waals surface area contributed by atoms with Gasteiger partial charge >= 0.3 is 0 Å². The van der Waals surface area contributed by atoms with Crippen LogP contribution in [0.3, 0.4) is 0 Å². The molecule has 0 unspecified atom stereocenters. The van der Waals surface area contributed by atoms with Gasteiger partial charge in [0.1, 0.15) is 5.82 Å². The van der Waals surface area contributed by atoms with Crippen LogP contribution in [0.2, 0.25) is 0 Å². The minimum absolute atomic E-state index is 0.182. The summed E-state index contributed by atoms with van der Waals surface area (Å²) in [4.78, 5) is 32.2. The predicted molar refractivity (Wildman–Crippen MR) is 118 cm³/mol. The fourth-order valence-electron chi connectivity index (χ4n) is 3.89. The molecule has 0 spiro atoms. The van der Waals surface area contributed by atoms with E-state index in [2.05, 4.69) is 20.3 Å². The fraction of sp³-hybridized carbons (Fsp3) is 0.391. The average molecular weight is 406 g/mol. The van der Waals surface area contributed by atoms with Crippen LogP contribution in [0.15, 0.2) is 47.4 Å². The number of aryl methyl sites for hydroxylation is 1. The zero-order valence-corrected chi connectivity index (χ0v) is 17.3. The number of carbonyl (C=O) groups is 1. The smallest absolute Gasteiger partial charge is 0.274 e. The van der Waals surface area contributed by atoms with Gasteiger partial charge in [-0.15, -0.1) is 0 Å². The van der Waals surface area contributed by atoms with Crippen LogP contribution < -0.4 is 15.8 Å². The molecule has 1 aliphatic heterocycles. The highest BCUT2D eigenvalue weighted by atomic mass is 16.2. The van der Waals surface area contributed by atoms with Crippen molar-refractivity contribution in [3.63, 3.8) is 0 Å². The van der Waals surface area contributed by atoms with Crippen LogP contribution in [0.25, 0.3) is 10.8 Å². The quantitative estimate of drug-likeness (QED) is 0.705. The number of anilines is 1. The lowest BCUT2D eigenvalue weighted by Gasteiger charge is -2.21. The Morgan fingerprint density at radius 3 is 2.43 bits per heavy atom. The summed E-state index contributed by atoms with van der Waals surface area (Å²) in [5.74, 6) is 0.694. The van der Waals surface area contributed by atoms with Crippen molar-refractivity contribution in [3.8, 4) is 0 Å². The summed E-state index contributed by atoms with van der Waals surface area (Å²) < 4.78 is 1.33. The molecule has 0 bridgehead atoms. The first kappa shape index (κ1) is 20.1. The molecule has 3 aromatic rings. The topological polar surface area (TPSA) is 80.1 Å². The molecule has 7 nitrogen and oxygen atoms in total. The molecule has 1 amide bonds. The second kappa shape index (κ2) is 9.07. The molecule has 3 heterocycles. The van der Waals surface area contributed by atoms with E-state index in [0.29, 0.717) is 23.9 Å². The van der Waals surface area contributed by atoms with E-state index in [1.165, 1.54) is 30.4 Å². The molecule has 2 aromatic heterocycles. The lowest BCUT2D eigenvalue weighted by atomic mass is 10.1. The van der Waals surface area contributed by atoms with E-state index in [-0.39, 0.29) is 17.2 Å². The average Bonchev–Trinajstić information content (AvgIpc) is 3.08. The van der Waals surface area contributed by atoms with Gasteiger partial charge in [-0.3, -0.25) is 9.59 Å². The predicted octanol–water partition coefficient (Wildman–Crippen LogP) is 3.12. The van der Waals surface area contributed by atoms with E-state index < -0.39 is 0 Å². The molecule has 1 saturated heterocycles. The molecule has 0 saturated carbocycles. The maximum Gasteiger partial charge on any atom is 0.274 e. The Labute approximate surface area is 175 Å². The second-order valence-corrected chi connectivity index (χ2v) is 7.62. The van der Waals surface area contributed by atoms with Gasteiger partial charge in [0.25, 0.3) is 11.5 Å². The number of amides is 1. The molecule has 1 N–H and O–H groups in total. The van der Waals surface area contributed by atoms with E-state index in [4.69, 9.17) is 0 Å². The van der Waals surface area contributed by atoms with Crippen LogP contribution >= 0.6 is 0 Å². The zero-order chi connectivity index (χ0) is 20.9. The Hall–Kier alpha value is -3.22. The van der Waals surface area contributed by atoms with Crippen molar-refractivity contribution in [1.29, 1.82) is 0 Å². The Kier molecular flexibility index (Phi) is 6.07. The van der Waals surface area contributed by atoms with Gasteiger partial charge in [-0.2, -0.15) is 5.10 Å². The van der Waals surface area contributed by atoms with Gasteiger partial charge in [-0.05, 0) is 37.5 Å². The third-order valence-electron chi connectivity index (χ3n) is 5.57. The Bertz CT molecular complexity index is 1080. The molecule has 1 aliphatic rings. The molecule has 156 valence electrons. The van der Waals surface area contributed by atoms with Crippen molar-refractivity contribution >= 4 is 22.5 Å². The van der Waals surface area contributed by atoms with Gasteiger partial charge in [-0.1, -0.05) is 37.1 Å². The van der Waals surface area contributed by atoms with Gasteiger partial charge in [0.15, 0.2) is 5.69 Å². The minimum Gasteiger partial charge on any atom is -0.357 e. The highest BCUT2D eigenvalue weighted by Gasteiger charge is 2.16. The summed E-state index contributed by atoms with van der Waals surface area (Å²) in [6, 6.07) is 11.1. The van der Waals surface area contributed by atoms with E-state index >= 15 is 0 Å². The Morgan fingerprint density at radius 1 is 1.03 bits per heavy atom. The number of benzene rings is 1. The SMILES string of the molecule is CCn1nc(C(=O)NCc2ccc(N3CCCCCC3)nc2)c2ccccc2c1=O. The molecule has 0 radical (unpaired) electrons. The second-order valence-electron chi connectivity index (χ2n) is 7.62. The number of hydrogen-bond donors (Lipinski definition) is 1. The van der Waals surface area contributed by atoms with Gasteiger partial charge in [-0.25, -0.2) is 9.67 Å². The number of carbonyl (C=O) groups excluding carboxylic acids is 1. The van der Waals surface area contributed by atoms with Crippen molar-refractivity contribution in [2.45, 2.75) is 45.7 Å². The highest BCUT2D eigenvalue weighted by Crippen LogP contribution is 2.18. The van der Waals surface area contributed by atoms with Gasteiger partial charge in [0, 0.05) is 37.8 Å². The lowest BCUT2D eigenvalue weighted by Crippen LogP contribution is -2.30. The number of nitrogens with one attached hydrogen (secondary N) is 1. The molecule has 4 rings (SSSR count). The third-order valence-corrected chi connectivity index (χ3v) is 5.57. The van der Waals surface area contributed by atoms with E-state index in [1.807, 2.05) is 31.3 Å². The lowest BCUT2D eigenvalue weighted by molar-refractivity contribution is 0.0945. The normalized spacial score (nSPS) is 14.5. The largest absolute Gasteiger partial charge is 0.357 e. The van der Waals surface area contributed by atoms with Gasteiger partial charge < -0.3 is 10.2 Å². The monoisotopic (exact) mass is 405 g/mol. The number of aromatic nitrogens is 3. The van der Waals surface area contributed by atoms with Crippen molar-refractivity contribution < 1.29 is 4.79 Å². The minimum atomic E-state index is -0.301. The van der Waals surface area contributed by atoms with E-state index in [0.717, 1.165) is 24.5 Å². The van der Waals surface area contributed by atoms with Crippen molar-refractivity contribution in [3.05, 3.63) is 64.2 Å². The molecule has 0 aliphatic carbocycles. The summed E-state index contributed by atoms with van der Waals surface area (Å²) >= 11 is 0. The molecular formula is C23H27N5O2. The summed E-state index contributed by atoms with van der Waals surface area (Å²) in [6.45, 7) is 4.70. The first-order chi connectivity index (χ1) is 14.7. The standard InChI is InChI=1S/C23H27N5O2/c1-2-28-23(30)19-10-6-5-9-18(19)21(26-28)22(29)25-16-17-11-12-20(24-15-17)27-13-7-3-4-8-14-27/h5-6,9-12,15H,2-4,7-8,13-14,16H2,1H3,(H,25,29). The number of pyridine rings is 1. The van der Waals surface area contributed by atoms with Crippen LogP contribution in [0.4, 0.5) is 5.82 Å².